The smallest absolute Gasteiger partial charge is 0.260 e. The molecule has 0 aliphatic heterocycles. The molecule has 4 heterocycles. The van der Waals surface area contributed by atoms with E-state index >= 15 is 0 Å². The number of nitrogens with zero attached hydrogens (tertiary/aromatic N) is 2. The standard InChI is InChI=1S/C18H17N3OS3/c1-11-5-6-14(25-11)13-10-24-18-16(13)17(22)19-15(20-18)9-21(2)8-12-4-3-7-23-12/h3-7,10H,8-9H2,1-2H3,(H,19,20,22). The van der Waals surface area contributed by atoms with Crippen LogP contribution in [-0.4, -0.2) is 21.9 Å². The predicted octanol–water partition coefficient (Wildman–Crippen LogP) is 4.72. The van der Waals surface area contributed by atoms with Crippen molar-refractivity contribution in [3.05, 3.63) is 61.0 Å². The van der Waals surface area contributed by atoms with Crippen LogP contribution in [-0.2, 0) is 13.1 Å². The van der Waals surface area contributed by atoms with Gasteiger partial charge in [-0.25, -0.2) is 4.98 Å². The van der Waals surface area contributed by atoms with Gasteiger partial charge < -0.3 is 4.98 Å². The highest BCUT2D eigenvalue weighted by Crippen LogP contribution is 2.35. The number of hydrogen-bond acceptors (Lipinski definition) is 6. The van der Waals surface area contributed by atoms with Crippen molar-refractivity contribution in [1.82, 2.24) is 14.9 Å². The van der Waals surface area contributed by atoms with E-state index in [0.717, 1.165) is 21.8 Å². The molecule has 0 unspecified atom stereocenters. The van der Waals surface area contributed by atoms with Gasteiger partial charge in [0, 0.05) is 32.1 Å². The predicted molar refractivity (Wildman–Crippen MR) is 108 cm³/mol. The molecule has 4 rings (SSSR count). The number of aromatic amines is 1. The Kier molecular flexibility index (Phi) is 4.56. The maximum absolute atomic E-state index is 12.7. The summed E-state index contributed by atoms with van der Waals surface area (Å²) in [5, 5.41) is 4.82. The quantitative estimate of drug-likeness (QED) is 0.539. The molecule has 0 radical (unpaired) electrons. The van der Waals surface area contributed by atoms with Crippen LogP contribution in [0.25, 0.3) is 20.7 Å². The molecule has 0 bridgehead atoms. The normalized spacial score (nSPS) is 11.6. The number of aromatic nitrogens is 2. The molecule has 25 heavy (non-hydrogen) atoms. The van der Waals surface area contributed by atoms with Crippen LogP contribution in [0.5, 0.6) is 0 Å². The second-order valence-corrected chi connectivity index (χ2v) is 9.18. The van der Waals surface area contributed by atoms with Gasteiger partial charge in [0.25, 0.3) is 5.56 Å². The lowest BCUT2D eigenvalue weighted by Gasteiger charge is -2.14. The summed E-state index contributed by atoms with van der Waals surface area (Å²) in [5.74, 6) is 0.715. The number of hydrogen-bond donors (Lipinski definition) is 1. The first-order valence-corrected chi connectivity index (χ1v) is 10.5. The summed E-state index contributed by atoms with van der Waals surface area (Å²) in [4.78, 5) is 27.0. The minimum absolute atomic E-state index is 0.0492. The van der Waals surface area contributed by atoms with Crippen LogP contribution in [0.3, 0.4) is 0 Å². The van der Waals surface area contributed by atoms with E-state index < -0.39 is 0 Å². The first-order valence-electron chi connectivity index (χ1n) is 7.88. The highest BCUT2D eigenvalue weighted by molar-refractivity contribution is 7.19. The van der Waals surface area contributed by atoms with Gasteiger partial charge in [0.1, 0.15) is 10.7 Å². The Bertz CT molecular complexity index is 1060. The van der Waals surface area contributed by atoms with Crippen LogP contribution < -0.4 is 5.56 Å². The lowest BCUT2D eigenvalue weighted by Crippen LogP contribution is -2.21. The summed E-state index contributed by atoms with van der Waals surface area (Å²) in [7, 11) is 2.04. The van der Waals surface area contributed by atoms with Crippen molar-refractivity contribution in [2.75, 3.05) is 7.05 Å². The fourth-order valence-electron chi connectivity index (χ4n) is 2.81. The molecule has 7 heteroatoms. The fourth-order valence-corrected chi connectivity index (χ4v) is 5.52. The second-order valence-electron chi connectivity index (χ2n) is 6.00. The van der Waals surface area contributed by atoms with Crippen LogP contribution >= 0.6 is 34.0 Å². The van der Waals surface area contributed by atoms with Gasteiger partial charge in [0.15, 0.2) is 0 Å². The molecule has 4 aromatic rings. The Balaban J connectivity index is 1.63. The molecule has 0 saturated heterocycles. The van der Waals surface area contributed by atoms with Crippen molar-refractivity contribution in [3.63, 3.8) is 0 Å². The molecule has 0 fully saturated rings. The Labute approximate surface area is 157 Å². The van der Waals surface area contributed by atoms with Crippen molar-refractivity contribution in [1.29, 1.82) is 0 Å². The van der Waals surface area contributed by atoms with Crippen LogP contribution in [0.2, 0.25) is 0 Å². The zero-order valence-electron chi connectivity index (χ0n) is 13.9. The summed E-state index contributed by atoms with van der Waals surface area (Å²) in [5.41, 5.74) is 0.942. The zero-order valence-corrected chi connectivity index (χ0v) is 16.4. The largest absolute Gasteiger partial charge is 0.309 e. The molecule has 1 N–H and O–H groups in total. The molecule has 128 valence electrons. The van der Waals surface area contributed by atoms with Crippen molar-refractivity contribution < 1.29 is 0 Å². The van der Waals surface area contributed by atoms with Gasteiger partial charge in [0.2, 0.25) is 0 Å². The van der Waals surface area contributed by atoms with Crippen LogP contribution in [0.1, 0.15) is 15.6 Å². The number of thiophene rings is 3. The lowest BCUT2D eigenvalue weighted by atomic mass is 10.2. The number of H-pyrrole nitrogens is 1. The maximum Gasteiger partial charge on any atom is 0.260 e. The summed E-state index contributed by atoms with van der Waals surface area (Å²) < 4.78 is 0. The fraction of sp³-hybridized carbons (Fsp3) is 0.222. The Morgan fingerprint density at radius 1 is 1.20 bits per heavy atom. The number of aryl methyl sites for hydroxylation is 1. The number of fused-ring (bicyclic) bond motifs is 1. The third-order valence-corrected chi connectivity index (χ3v) is 6.69. The molecule has 0 aliphatic rings. The highest BCUT2D eigenvalue weighted by Gasteiger charge is 2.15. The molecule has 0 saturated carbocycles. The van der Waals surface area contributed by atoms with Gasteiger partial charge >= 0.3 is 0 Å². The third-order valence-electron chi connectivity index (χ3n) is 3.92. The van der Waals surface area contributed by atoms with E-state index in [-0.39, 0.29) is 5.56 Å². The summed E-state index contributed by atoms with van der Waals surface area (Å²) >= 11 is 4.98. The second kappa shape index (κ2) is 6.84. The summed E-state index contributed by atoms with van der Waals surface area (Å²) in [6.07, 6.45) is 0. The first-order chi connectivity index (χ1) is 12.1. The Morgan fingerprint density at radius 3 is 2.80 bits per heavy atom. The first kappa shape index (κ1) is 16.7. The van der Waals surface area contributed by atoms with Crippen LogP contribution in [0, 0.1) is 6.92 Å². The molecule has 4 aromatic heterocycles. The lowest BCUT2D eigenvalue weighted by molar-refractivity contribution is 0.313. The topological polar surface area (TPSA) is 49.0 Å². The van der Waals surface area contributed by atoms with Crippen LogP contribution in [0.4, 0.5) is 0 Å². The molecule has 0 spiro atoms. The van der Waals surface area contributed by atoms with Crippen molar-refractivity contribution >= 4 is 44.2 Å². The molecule has 0 atom stereocenters. The van der Waals surface area contributed by atoms with E-state index in [1.165, 1.54) is 21.1 Å². The average Bonchev–Trinajstić information content (AvgIpc) is 3.27. The van der Waals surface area contributed by atoms with Crippen molar-refractivity contribution in [2.45, 2.75) is 20.0 Å². The van der Waals surface area contributed by atoms with Crippen LogP contribution in [0.15, 0.2) is 39.8 Å². The zero-order chi connectivity index (χ0) is 17.4. The molecule has 0 amide bonds. The van der Waals surface area contributed by atoms with Gasteiger partial charge in [-0.3, -0.25) is 9.69 Å². The van der Waals surface area contributed by atoms with E-state index in [1.54, 1.807) is 22.7 Å². The van der Waals surface area contributed by atoms with E-state index in [9.17, 15) is 4.79 Å². The Morgan fingerprint density at radius 2 is 2.08 bits per heavy atom. The summed E-state index contributed by atoms with van der Waals surface area (Å²) in [6, 6.07) is 8.33. The van der Waals surface area contributed by atoms with Gasteiger partial charge in [-0.1, -0.05) is 6.07 Å². The highest BCUT2D eigenvalue weighted by atomic mass is 32.1. The number of nitrogens with one attached hydrogen (secondary N) is 1. The van der Waals surface area contributed by atoms with E-state index in [2.05, 4.69) is 51.4 Å². The molecule has 4 nitrogen and oxygen atoms in total. The van der Waals surface area contributed by atoms with Gasteiger partial charge in [-0.2, -0.15) is 0 Å². The monoisotopic (exact) mass is 387 g/mol. The van der Waals surface area contributed by atoms with Crippen molar-refractivity contribution in [3.8, 4) is 10.4 Å². The van der Waals surface area contributed by atoms with E-state index in [0.29, 0.717) is 17.8 Å². The molecule has 0 aromatic carbocycles. The Hall–Kier alpha value is -1.80. The minimum atomic E-state index is -0.0492. The third kappa shape index (κ3) is 3.46. The minimum Gasteiger partial charge on any atom is -0.309 e. The van der Waals surface area contributed by atoms with E-state index in [1.807, 2.05) is 12.4 Å². The van der Waals surface area contributed by atoms with E-state index in [4.69, 9.17) is 0 Å². The molecular formula is C18H17N3OS3. The molecular weight excluding hydrogens is 370 g/mol. The van der Waals surface area contributed by atoms with Crippen molar-refractivity contribution in [2.24, 2.45) is 0 Å². The van der Waals surface area contributed by atoms with Gasteiger partial charge in [0.05, 0.1) is 11.9 Å². The summed E-state index contributed by atoms with van der Waals surface area (Å²) in [6.45, 7) is 3.55. The molecule has 0 aliphatic carbocycles. The number of rotatable bonds is 5. The van der Waals surface area contributed by atoms with Gasteiger partial charge in [-0.15, -0.1) is 34.0 Å². The average molecular weight is 388 g/mol. The van der Waals surface area contributed by atoms with Gasteiger partial charge in [-0.05, 0) is 37.6 Å². The maximum atomic E-state index is 12.7. The SMILES string of the molecule is Cc1ccc(-c2csc3nc(CN(C)Cc4cccs4)[nH]c(=O)c23)s1.